The van der Waals surface area contributed by atoms with Gasteiger partial charge < -0.3 is 25.1 Å². The van der Waals surface area contributed by atoms with E-state index in [1.165, 1.54) is 6.07 Å². The van der Waals surface area contributed by atoms with Crippen LogP contribution in [-0.2, 0) is 11.8 Å². The van der Waals surface area contributed by atoms with Gasteiger partial charge in [0.1, 0.15) is 27.5 Å². The molecule has 9 nitrogen and oxygen atoms in total. The molecule has 1 saturated heterocycles. The van der Waals surface area contributed by atoms with Crippen LogP contribution in [0.25, 0.3) is 33.5 Å². The second kappa shape index (κ2) is 9.13. The average Bonchev–Trinajstić information content (AvgIpc) is 3.51. The van der Waals surface area contributed by atoms with Crippen molar-refractivity contribution in [1.29, 1.82) is 5.26 Å². The third kappa shape index (κ3) is 3.72. The number of aryl methyl sites for hydroxylation is 1. The standard InChI is InChI=1S/C27H24FI2N7O2/c1-4-17-24(38)34-20-13(10-31)6-5-12-9-18(37(17)21(12)20)23-33-16-8-14(7-15(28)22(16)35(23)3)25(39)36-11-19(29)27(2,32)26(36)30/h5-9,17,19,26H,4,11,32H2,1-3H3,(H,34,38)/t17?,19-,26+,27+/m1/s1. The largest absolute Gasteiger partial charge is 0.324 e. The Hall–Kier alpha value is -2.77. The van der Waals surface area contributed by atoms with Crippen LogP contribution in [-0.4, -0.2) is 50.9 Å². The minimum absolute atomic E-state index is 0.0617. The number of halogens is 3. The lowest BCUT2D eigenvalue weighted by Gasteiger charge is -2.28. The van der Waals surface area contributed by atoms with E-state index >= 15 is 4.39 Å². The Morgan fingerprint density at radius 1 is 1.31 bits per heavy atom. The summed E-state index contributed by atoms with van der Waals surface area (Å²) in [5.74, 6) is -0.617. The number of likely N-dealkylation sites (tertiary alicyclic amines) is 1. The van der Waals surface area contributed by atoms with Gasteiger partial charge in [0, 0.05) is 28.5 Å². The number of amides is 2. The molecule has 0 saturated carbocycles. The van der Waals surface area contributed by atoms with Crippen LogP contribution in [0.5, 0.6) is 0 Å². The Labute approximate surface area is 250 Å². The molecule has 4 atom stereocenters. The molecule has 2 aromatic carbocycles. The molecule has 0 spiro atoms. The molecule has 1 fully saturated rings. The van der Waals surface area contributed by atoms with E-state index in [2.05, 4.69) is 56.6 Å². The van der Waals surface area contributed by atoms with Crippen LogP contribution in [0.15, 0.2) is 30.3 Å². The number of nitrogens with zero attached hydrogens (tertiary/aromatic N) is 5. The van der Waals surface area contributed by atoms with Crippen molar-refractivity contribution in [3.63, 3.8) is 0 Å². The lowest BCUT2D eigenvalue weighted by Crippen LogP contribution is -2.50. The third-order valence-electron chi connectivity index (χ3n) is 7.85. The highest BCUT2D eigenvalue weighted by Gasteiger charge is 2.48. The molecule has 0 radical (unpaired) electrons. The summed E-state index contributed by atoms with van der Waals surface area (Å²) in [6.45, 7) is 4.31. The normalized spacial score (nSPS) is 24.4. The Morgan fingerprint density at radius 3 is 2.69 bits per heavy atom. The Bertz CT molecular complexity index is 1770. The molecule has 39 heavy (non-hydrogen) atoms. The second-order valence-electron chi connectivity index (χ2n) is 10.3. The Balaban J connectivity index is 1.52. The minimum atomic E-state index is -0.567. The van der Waals surface area contributed by atoms with Crippen molar-refractivity contribution < 1.29 is 14.0 Å². The molecule has 12 heteroatoms. The first-order valence-corrected chi connectivity index (χ1v) is 14.9. The van der Waals surface area contributed by atoms with Gasteiger partial charge in [0.15, 0.2) is 5.82 Å². The van der Waals surface area contributed by atoms with Crippen molar-refractivity contribution >= 4 is 84.6 Å². The summed E-state index contributed by atoms with van der Waals surface area (Å²) < 4.78 is 19.0. The molecule has 2 aliphatic heterocycles. The van der Waals surface area contributed by atoms with Gasteiger partial charge >= 0.3 is 0 Å². The average molecular weight is 751 g/mol. The van der Waals surface area contributed by atoms with Gasteiger partial charge in [0.2, 0.25) is 5.91 Å². The van der Waals surface area contributed by atoms with E-state index in [4.69, 9.17) is 10.7 Å². The van der Waals surface area contributed by atoms with Crippen molar-refractivity contribution in [1.82, 2.24) is 19.0 Å². The summed E-state index contributed by atoms with van der Waals surface area (Å²) in [6, 6.07) is 9.91. The van der Waals surface area contributed by atoms with Gasteiger partial charge in [-0.3, -0.25) is 9.59 Å². The van der Waals surface area contributed by atoms with Crippen LogP contribution >= 0.6 is 45.2 Å². The number of carbonyl (C=O) groups excluding carboxylic acids is 2. The van der Waals surface area contributed by atoms with E-state index in [0.717, 1.165) is 10.9 Å². The van der Waals surface area contributed by atoms with Crippen LogP contribution in [0, 0.1) is 17.1 Å². The molecule has 3 N–H and O–H groups in total. The van der Waals surface area contributed by atoms with Crippen LogP contribution in [0.3, 0.4) is 0 Å². The summed E-state index contributed by atoms with van der Waals surface area (Å²) >= 11 is 4.44. The predicted octanol–water partition coefficient (Wildman–Crippen LogP) is 4.85. The zero-order valence-corrected chi connectivity index (χ0v) is 25.6. The number of hydrogen-bond acceptors (Lipinski definition) is 5. The molecule has 1 unspecified atom stereocenters. The number of nitrogens with two attached hydrogens (primary N) is 1. The van der Waals surface area contributed by atoms with Gasteiger partial charge in [-0.15, -0.1) is 0 Å². The van der Waals surface area contributed by atoms with Crippen molar-refractivity contribution in [3.05, 3.63) is 47.3 Å². The quantitative estimate of drug-likeness (QED) is 0.176. The van der Waals surface area contributed by atoms with Crippen molar-refractivity contribution in [2.45, 2.75) is 39.8 Å². The molecule has 4 heterocycles. The van der Waals surface area contributed by atoms with E-state index in [9.17, 15) is 14.9 Å². The SMILES string of the molecule is CCC1C(=O)Nc2c(C#N)ccc3cc(-c4nc5cc(C(=O)N6C[C@@H](I)[C@](C)(N)[C@H]6I)cc(F)c5n4C)n1c23. The maximum Gasteiger partial charge on any atom is 0.254 e. The molecular formula is C27H24FI2N7O2. The molecule has 6 rings (SSSR count). The number of aromatic nitrogens is 3. The van der Waals surface area contributed by atoms with Crippen LogP contribution in [0.1, 0.15) is 42.2 Å². The molecule has 200 valence electrons. The molecule has 2 aliphatic rings. The summed E-state index contributed by atoms with van der Waals surface area (Å²) in [5.41, 5.74) is 8.90. The van der Waals surface area contributed by atoms with Gasteiger partial charge in [-0.25, -0.2) is 9.37 Å². The first-order chi connectivity index (χ1) is 18.5. The van der Waals surface area contributed by atoms with Crippen molar-refractivity contribution in [3.8, 4) is 17.6 Å². The van der Waals surface area contributed by atoms with Crippen molar-refractivity contribution in [2.75, 3.05) is 11.9 Å². The predicted molar refractivity (Wildman–Crippen MR) is 164 cm³/mol. The summed E-state index contributed by atoms with van der Waals surface area (Å²) in [7, 11) is 1.72. The van der Waals surface area contributed by atoms with Gasteiger partial charge in [-0.05, 0) is 37.6 Å². The summed E-state index contributed by atoms with van der Waals surface area (Å²) in [4.78, 5) is 33.0. The first-order valence-electron chi connectivity index (χ1n) is 12.4. The number of anilines is 1. The maximum absolute atomic E-state index is 15.6. The zero-order chi connectivity index (χ0) is 28.0. The van der Waals surface area contributed by atoms with E-state index < -0.39 is 17.4 Å². The molecular weight excluding hydrogens is 727 g/mol. The van der Waals surface area contributed by atoms with Gasteiger partial charge in [0.05, 0.1) is 33.5 Å². The fraction of sp³-hybridized carbons (Fsp3) is 0.333. The van der Waals surface area contributed by atoms with E-state index in [1.807, 2.05) is 30.5 Å². The highest BCUT2D eigenvalue weighted by Crippen LogP contribution is 2.42. The lowest BCUT2D eigenvalue weighted by molar-refractivity contribution is -0.119. The molecule has 0 aliphatic carbocycles. The molecule has 4 aromatic rings. The smallest absolute Gasteiger partial charge is 0.254 e. The fourth-order valence-corrected chi connectivity index (χ4v) is 8.04. The number of hydrogen-bond donors (Lipinski definition) is 2. The third-order valence-corrected chi connectivity index (χ3v) is 11.6. The van der Waals surface area contributed by atoms with E-state index in [0.29, 0.717) is 41.3 Å². The Morgan fingerprint density at radius 2 is 2.05 bits per heavy atom. The number of alkyl halides is 2. The van der Waals surface area contributed by atoms with Gasteiger partial charge in [-0.2, -0.15) is 5.26 Å². The van der Waals surface area contributed by atoms with E-state index in [-0.39, 0.29) is 30.9 Å². The zero-order valence-electron chi connectivity index (χ0n) is 21.3. The van der Waals surface area contributed by atoms with Gasteiger partial charge in [0.25, 0.3) is 5.91 Å². The number of fused-ring (bicyclic) bond motifs is 1. The minimum Gasteiger partial charge on any atom is -0.324 e. The highest BCUT2D eigenvalue weighted by molar-refractivity contribution is 14.1. The number of nitriles is 1. The molecule has 2 amide bonds. The number of imidazole rings is 1. The maximum atomic E-state index is 15.6. The van der Waals surface area contributed by atoms with Crippen LogP contribution in [0.2, 0.25) is 0 Å². The van der Waals surface area contributed by atoms with E-state index in [1.54, 1.807) is 28.6 Å². The van der Waals surface area contributed by atoms with Crippen LogP contribution in [0.4, 0.5) is 10.1 Å². The van der Waals surface area contributed by atoms with Crippen LogP contribution < -0.4 is 11.1 Å². The number of nitrogens with one attached hydrogen (secondary N) is 1. The number of rotatable bonds is 3. The second-order valence-corrected chi connectivity index (χ2v) is 13.0. The monoisotopic (exact) mass is 751 g/mol. The topological polar surface area (TPSA) is 122 Å². The Kier molecular flexibility index (Phi) is 6.19. The fourth-order valence-electron chi connectivity index (χ4n) is 5.68. The number of benzene rings is 2. The lowest BCUT2D eigenvalue weighted by atomic mass is 10.0. The summed E-state index contributed by atoms with van der Waals surface area (Å²) in [6.07, 6.45) is 0.515. The summed E-state index contributed by atoms with van der Waals surface area (Å²) in [5, 5.41) is 13.4. The number of carbonyl (C=O) groups is 2. The first kappa shape index (κ1) is 26.5. The highest BCUT2D eigenvalue weighted by atomic mass is 127. The molecule has 2 aromatic heterocycles. The van der Waals surface area contributed by atoms with Crippen molar-refractivity contribution in [2.24, 2.45) is 12.8 Å². The molecule has 0 bridgehead atoms. The van der Waals surface area contributed by atoms with Gasteiger partial charge in [-0.1, -0.05) is 58.2 Å².